The summed E-state index contributed by atoms with van der Waals surface area (Å²) >= 11 is 0. The minimum absolute atomic E-state index is 0.110. The summed E-state index contributed by atoms with van der Waals surface area (Å²) in [5.41, 5.74) is 3.74. The molecule has 4 rings (SSSR count). The third-order valence-electron chi connectivity index (χ3n) is 5.82. The van der Waals surface area contributed by atoms with Gasteiger partial charge in [-0.15, -0.1) is 0 Å². The maximum absolute atomic E-state index is 14.3. The van der Waals surface area contributed by atoms with Gasteiger partial charge in [-0.3, -0.25) is 4.79 Å². The average Bonchev–Trinajstić information content (AvgIpc) is 3.22. The van der Waals surface area contributed by atoms with E-state index in [4.69, 9.17) is 9.15 Å². The van der Waals surface area contributed by atoms with Crippen molar-refractivity contribution in [3.8, 4) is 22.5 Å². The number of rotatable bonds is 7. The van der Waals surface area contributed by atoms with Crippen LogP contribution in [0.25, 0.3) is 33.4 Å². The van der Waals surface area contributed by atoms with Gasteiger partial charge in [0.25, 0.3) is 0 Å². The minimum atomic E-state index is -0.763. The molecule has 0 aliphatic rings. The van der Waals surface area contributed by atoms with E-state index in [1.54, 1.807) is 25.1 Å². The van der Waals surface area contributed by atoms with Crippen molar-refractivity contribution in [1.82, 2.24) is 0 Å². The zero-order valence-corrected chi connectivity index (χ0v) is 19.2. The molecule has 0 fully saturated rings. The van der Waals surface area contributed by atoms with E-state index in [-0.39, 0.29) is 23.6 Å². The van der Waals surface area contributed by atoms with Gasteiger partial charge in [-0.1, -0.05) is 26.3 Å². The Balaban J connectivity index is 2.00. The number of benzene rings is 3. The molecule has 0 aliphatic heterocycles. The van der Waals surface area contributed by atoms with E-state index in [9.17, 15) is 18.4 Å². The van der Waals surface area contributed by atoms with Crippen molar-refractivity contribution < 1.29 is 27.5 Å². The number of hydrogen-bond acceptors (Lipinski definition) is 4. The Kier molecular flexibility index (Phi) is 6.59. The summed E-state index contributed by atoms with van der Waals surface area (Å²) in [5.74, 6) is -1.54. The van der Waals surface area contributed by atoms with Gasteiger partial charge < -0.3 is 9.15 Å². The number of halogens is 2. The first kappa shape index (κ1) is 23.4. The Bertz CT molecular complexity index is 1380. The van der Waals surface area contributed by atoms with Crippen LogP contribution in [0.4, 0.5) is 8.78 Å². The predicted octanol–water partition coefficient (Wildman–Crippen LogP) is 7.38. The van der Waals surface area contributed by atoms with Crippen molar-refractivity contribution in [3.63, 3.8) is 0 Å². The van der Waals surface area contributed by atoms with E-state index < -0.39 is 11.8 Å². The molecule has 1 heterocycles. The maximum Gasteiger partial charge on any atom is 0.340 e. The molecule has 0 spiro atoms. The van der Waals surface area contributed by atoms with Crippen LogP contribution >= 0.6 is 0 Å². The monoisotopic (exact) mass is 462 g/mol. The zero-order valence-electron chi connectivity index (χ0n) is 19.2. The fraction of sp³-hybridized carbons (Fsp3) is 0.214. The van der Waals surface area contributed by atoms with Crippen molar-refractivity contribution in [2.45, 2.75) is 33.1 Å². The molecule has 174 valence electrons. The first-order valence-electron chi connectivity index (χ1n) is 11.1. The zero-order chi connectivity index (χ0) is 24.4. The summed E-state index contributed by atoms with van der Waals surface area (Å²) in [4.78, 5) is 25.0. The first-order chi connectivity index (χ1) is 16.4. The van der Waals surface area contributed by atoms with Crippen LogP contribution in [-0.4, -0.2) is 18.9 Å². The molecule has 0 unspecified atom stereocenters. The van der Waals surface area contributed by atoms with Crippen LogP contribution in [0.3, 0.4) is 0 Å². The normalized spacial score (nSPS) is 11.1. The van der Waals surface area contributed by atoms with Crippen molar-refractivity contribution in [1.29, 1.82) is 0 Å². The molecule has 34 heavy (non-hydrogen) atoms. The Hall–Kier alpha value is -3.80. The van der Waals surface area contributed by atoms with Crippen LogP contribution in [0, 0.1) is 11.6 Å². The van der Waals surface area contributed by atoms with Gasteiger partial charge in [-0.25, -0.2) is 13.6 Å². The number of aryl methyl sites for hydroxylation is 1. The molecule has 6 heteroatoms. The van der Waals surface area contributed by atoms with E-state index in [2.05, 4.69) is 0 Å². The molecule has 0 saturated heterocycles. The topological polar surface area (TPSA) is 56.5 Å². The van der Waals surface area contributed by atoms with E-state index in [0.717, 1.165) is 17.5 Å². The Morgan fingerprint density at radius 2 is 1.65 bits per heavy atom. The molecule has 1 aromatic heterocycles. The lowest BCUT2D eigenvalue weighted by Gasteiger charge is -2.12. The van der Waals surface area contributed by atoms with Crippen LogP contribution in [0.5, 0.6) is 0 Å². The number of Topliss-reactive ketones (excluding diaryl/α,β-unsaturated/α-hetero) is 1. The molecule has 0 aliphatic carbocycles. The van der Waals surface area contributed by atoms with Gasteiger partial charge in [-0.2, -0.15) is 0 Å². The molecule has 0 amide bonds. The minimum Gasteiger partial charge on any atom is -0.465 e. The maximum atomic E-state index is 14.3. The lowest BCUT2D eigenvalue weighted by Crippen LogP contribution is -2.05. The smallest absolute Gasteiger partial charge is 0.340 e. The van der Waals surface area contributed by atoms with Crippen molar-refractivity contribution in [2.75, 3.05) is 7.11 Å². The average molecular weight is 462 g/mol. The van der Waals surface area contributed by atoms with Gasteiger partial charge in [0.1, 0.15) is 23.0 Å². The van der Waals surface area contributed by atoms with Gasteiger partial charge >= 0.3 is 5.97 Å². The van der Waals surface area contributed by atoms with Crippen molar-refractivity contribution in [3.05, 3.63) is 82.9 Å². The predicted molar refractivity (Wildman–Crippen MR) is 127 cm³/mol. The lowest BCUT2D eigenvalue weighted by molar-refractivity contribution is 0.0595. The molecular weight excluding hydrogens is 438 g/mol. The lowest BCUT2D eigenvalue weighted by atomic mass is 9.92. The number of ketones is 1. The van der Waals surface area contributed by atoms with E-state index in [1.807, 2.05) is 19.1 Å². The number of fused-ring (bicyclic) bond motifs is 1. The second kappa shape index (κ2) is 9.59. The molecular formula is C28H24F2O4. The van der Waals surface area contributed by atoms with Crippen LogP contribution in [0.15, 0.2) is 59.0 Å². The highest BCUT2D eigenvalue weighted by Crippen LogP contribution is 2.39. The van der Waals surface area contributed by atoms with Crippen molar-refractivity contribution >= 4 is 22.7 Å². The summed E-state index contributed by atoms with van der Waals surface area (Å²) in [6, 6.07) is 13.8. The fourth-order valence-corrected chi connectivity index (χ4v) is 4.15. The first-order valence-corrected chi connectivity index (χ1v) is 11.1. The number of carbonyl (C=O) groups is 2. The Morgan fingerprint density at radius 1 is 0.941 bits per heavy atom. The fourth-order valence-electron chi connectivity index (χ4n) is 4.15. The van der Waals surface area contributed by atoms with E-state index in [1.165, 1.54) is 31.4 Å². The van der Waals surface area contributed by atoms with Crippen LogP contribution in [-0.2, 0) is 11.2 Å². The molecule has 0 atom stereocenters. The molecule has 0 saturated carbocycles. The summed E-state index contributed by atoms with van der Waals surface area (Å²) in [5, 5.41) is 0.616. The largest absolute Gasteiger partial charge is 0.465 e. The third-order valence-corrected chi connectivity index (χ3v) is 5.82. The highest BCUT2D eigenvalue weighted by Gasteiger charge is 2.23. The molecule has 4 nitrogen and oxygen atoms in total. The molecule has 3 aromatic carbocycles. The molecule has 0 bridgehead atoms. The van der Waals surface area contributed by atoms with Crippen LogP contribution < -0.4 is 0 Å². The van der Waals surface area contributed by atoms with Gasteiger partial charge in [0, 0.05) is 17.4 Å². The van der Waals surface area contributed by atoms with Gasteiger partial charge in [0.05, 0.1) is 18.2 Å². The number of carbonyl (C=O) groups excluding carboxylic acids is 2. The van der Waals surface area contributed by atoms with Gasteiger partial charge in [-0.05, 0) is 71.6 Å². The Labute approximate surface area is 196 Å². The molecule has 0 radical (unpaired) electrons. The summed E-state index contributed by atoms with van der Waals surface area (Å²) < 4.78 is 38.6. The highest BCUT2D eigenvalue weighted by atomic mass is 19.1. The standard InChI is InChI=1S/C28H24F2O4/c1-4-6-17-14-25-22(15-20(17)18-9-12-23(30)21(13-18)28(32)33-3)26(24(31)5-2)27(34-25)16-7-10-19(29)11-8-16/h7-15H,4-6H2,1-3H3. The molecule has 0 N–H and O–H groups in total. The van der Waals surface area contributed by atoms with Crippen LogP contribution in [0.1, 0.15) is 53.0 Å². The van der Waals surface area contributed by atoms with Crippen LogP contribution in [0.2, 0.25) is 0 Å². The summed E-state index contributed by atoms with van der Waals surface area (Å²) in [7, 11) is 1.20. The SMILES string of the molecule is CCCc1cc2oc(-c3ccc(F)cc3)c(C(=O)CC)c2cc1-c1ccc(F)c(C(=O)OC)c1. The second-order valence-electron chi connectivity index (χ2n) is 8.03. The van der Waals surface area contributed by atoms with Crippen molar-refractivity contribution in [2.24, 2.45) is 0 Å². The van der Waals surface area contributed by atoms with Gasteiger partial charge in [0.2, 0.25) is 0 Å². The number of ether oxygens (including phenoxy) is 1. The Morgan fingerprint density at radius 3 is 2.29 bits per heavy atom. The quantitative estimate of drug-likeness (QED) is 0.212. The van der Waals surface area contributed by atoms with E-state index >= 15 is 0 Å². The number of esters is 1. The molecule has 4 aromatic rings. The summed E-state index contributed by atoms with van der Waals surface area (Å²) in [6.07, 6.45) is 1.81. The second-order valence-corrected chi connectivity index (χ2v) is 8.03. The third kappa shape index (κ3) is 4.23. The summed E-state index contributed by atoms with van der Waals surface area (Å²) in [6.45, 7) is 3.81. The number of methoxy groups -OCH3 is 1. The van der Waals surface area contributed by atoms with Gasteiger partial charge in [0.15, 0.2) is 5.78 Å². The van der Waals surface area contributed by atoms with E-state index in [0.29, 0.717) is 39.8 Å². The highest BCUT2D eigenvalue weighted by molar-refractivity contribution is 6.13. The number of furan rings is 1. The number of hydrogen-bond donors (Lipinski definition) is 0.